The van der Waals surface area contributed by atoms with Gasteiger partial charge in [0.1, 0.15) is 30.5 Å². The van der Waals surface area contributed by atoms with E-state index in [1.165, 1.54) is 13.8 Å². The molecule has 0 spiro atoms. The van der Waals surface area contributed by atoms with Crippen molar-refractivity contribution in [2.75, 3.05) is 13.2 Å². The Morgan fingerprint density at radius 2 is 1.59 bits per heavy atom. The summed E-state index contributed by atoms with van der Waals surface area (Å²) in [5.41, 5.74) is -3.61. The van der Waals surface area contributed by atoms with Crippen molar-refractivity contribution in [3.63, 3.8) is 0 Å². The number of aliphatic hydroxyl groups is 3. The first-order valence-corrected chi connectivity index (χ1v) is 16.7. The van der Waals surface area contributed by atoms with Crippen LogP contribution in [-0.4, -0.2) is 88.3 Å². The molecule has 49 heavy (non-hydrogen) atoms. The summed E-state index contributed by atoms with van der Waals surface area (Å²) in [6, 6.07) is 17.6. The summed E-state index contributed by atoms with van der Waals surface area (Å²) in [7, 11) is 0. The van der Waals surface area contributed by atoms with Gasteiger partial charge in [-0.2, -0.15) is 0 Å². The molecule has 3 N–H and O–H groups in total. The van der Waals surface area contributed by atoms with E-state index in [2.05, 4.69) is 0 Å². The van der Waals surface area contributed by atoms with E-state index in [-0.39, 0.29) is 43.6 Å². The van der Waals surface area contributed by atoms with Gasteiger partial charge in [-0.25, -0.2) is 4.79 Å². The average Bonchev–Trinajstić information content (AvgIpc) is 3.19. The monoisotopic (exact) mass is 678 g/mol. The zero-order chi connectivity index (χ0) is 35.7. The second-order valence-electron chi connectivity index (χ2n) is 14.2. The summed E-state index contributed by atoms with van der Waals surface area (Å²) in [4.78, 5) is 53.2. The Balaban J connectivity index is 1.60. The van der Waals surface area contributed by atoms with Gasteiger partial charge in [-0.1, -0.05) is 62.4 Å². The highest BCUT2D eigenvalue weighted by Gasteiger charge is 2.68. The average molecular weight is 679 g/mol. The first kappa shape index (κ1) is 36.4. The molecule has 1 heterocycles. The maximum atomic E-state index is 14.6. The Hall–Kier alpha value is -3.90. The van der Waals surface area contributed by atoms with Crippen LogP contribution in [0.1, 0.15) is 69.8 Å². The Morgan fingerprint density at radius 1 is 0.959 bits per heavy atom. The molecule has 11 nitrogen and oxygen atoms in total. The Morgan fingerprint density at radius 3 is 2.22 bits per heavy atom. The van der Waals surface area contributed by atoms with Crippen molar-refractivity contribution in [2.24, 2.45) is 16.7 Å². The SMILES string of the molecule is CC(=O)OCC1CC(O)C2(C)C(=O)C(O)C3=C(C)[C@@H](OC(=O)CCc4ccccc4)CC(O)([C@@H](OC(=O)c4ccccc4)C2CO1)C3(C)C. The summed E-state index contributed by atoms with van der Waals surface area (Å²) in [5, 5.41) is 36.7. The number of hydrogen-bond acceptors (Lipinski definition) is 11. The number of aryl methyl sites for hydroxylation is 1. The van der Waals surface area contributed by atoms with E-state index in [0.29, 0.717) is 12.0 Å². The minimum absolute atomic E-state index is 0.0449. The van der Waals surface area contributed by atoms with Gasteiger partial charge in [0.05, 0.1) is 29.8 Å². The van der Waals surface area contributed by atoms with Crippen LogP contribution >= 0.6 is 0 Å². The summed E-state index contributed by atoms with van der Waals surface area (Å²) >= 11 is 0. The summed E-state index contributed by atoms with van der Waals surface area (Å²) < 4.78 is 23.5. The van der Waals surface area contributed by atoms with Gasteiger partial charge in [0.2, 0.25) is 0 Å². The molecule has 0 aromatic heterocycles. The van der Waals surface area contributed by atoms with Crippen LogP contribution in [0.25, 0.3) is 0 Å². The van der Waals surface area contributed by atoms with Crippen molar-refractivity contribution < 1.29 is 53.4 Å². The topological polar surface area (TPSA) is 166 Å². The second kappa shape index (κ2) is 14.1. The van der Waals surface area contributed by atoms with Gasteiger partial charge >= 0.3 is 17.9 Å². The van der Waals surface area contributed by atoms with E-state index in [4.69, 9.17) is 18.9 Å². The standard InChI is InChI=1S/C38H46O11/c1-22-28(48-30(41)17-16-24-12-8-6-9-13-24)19-38(45)34(49-35(44)25-14-10-7-11-15-25)27-21-47-26(20-46-23(2)39)18-29(40)37(27,5)33(43)32(42)31(22)36(38,3)4/h6-15,26-29,32,34,40,42,45H,16-21H2,1-5H3/t26?,27?,28-,29?,32?,34-,37?,38?/m0/s1. The molecule has 2 aromatic carbocycles. The number of rotatable bonds is 8. The molecule has 1 saturated heterocycles. The van der Waals surface area contributed by atoms with Gasteiger partial charge in [0.25, 0.3) is 0 Å². The molecule has 1 saturated carbocycles. The first-order chi connectivity index (χ1) is 23.1. The molecular weight excluding hydrogens is 632 g/mol. The maximum Gasteiger partial charge on any atom is 0.338 e. The van der Waals surface area contributed by atoms with Gasteiger partial charge in [0, 0.05) is 37.5 Å². The molecule has 3 aliphatic rings. The van der Waals surface area contributed by atoms with E-state index < -0.39 is 76.6 Å². The lowest BCUT2D eigenvalue weighted by Gasteiger charge is -2.59. The molecule has 0 radical (unpaired) electrons. The summed E-state index contributed by atoms with van der Waals surface area (Å²) in [5.74, 6) is -3.85. The fourth-order valence-electron chi connectivity index (χ4n) is 7.85. The van der Waals surface area contributed by atoms with E-state index >= 15 is 0 Å². The molecular formula is C38H46O11. The van der Waals surface area contributed by atoms with Crippen molar-refractivity contribution in [3.8, 4) is 0 Å². The highest BCUT2D eigenvalue weighted by molar-refractivity contribution is 5.93. The van der Waals surface area contributed by atoms with E-state index in [1.807, 2.05) is 30.3 Å². The van der Waals surface area contributed by atoms with Crippen LogP contribution in [0.4, 0.5) is 0 Å². The number of carbonyl (C=O) groups excluding carboxylic acids is 4. The van der Waals surface area contributed by atoms with Crippen molar-refractivity contribution in [1.29, 1.82) is 0 Å². The quantitative estimate of drug-likeness (QED) is 0.213. The van der Waals surface area contributed by atoms with Crippen LogP contribution in [-0.2, 0) is 39.8 Å². The molecule has 264 valence electrons. The van der Waals surface area contributed by atoms with Crippen LogP contribution in [0.2, 0.25) is 0 Å². The maximum absolute atomic E-state index is 14.6. The Labute approximate surface area is 286 Å². The number of ether oxygens (including phenoxy) is 4. The number of benzene rings is 2. The second-order valence-corrected chi connectivity index (χ2v) is 14.2. The van der Waals surface area contributed by atoms with Crippen LogP contribution in [0.3, 0.4) is 0 Å². The van der Waals surface area contributed by atoms with Gasteiger partial charge in [0.15, 0.2) is 5.78 Å². The lowest BCUT2D eigenvalue weighted by Crippen LogP contribution is -2.70. The van der Waals surface area contributed by atoms with Gasteiger partial charge < -0.3 is 34.3 Å². The number of hydrogen-bond donors (Lipinski definition) is 3. The van der Waals surface area contributed by atoms with Crippen molar-refractivity contribution >= 4 is 23.7 Å². The number of carbonyl (C=O) groups is 4. The molecule has 2 aliphatic carbocycles. The van der Waals surface area contributed by atoms with Crippen LogP contribution in [0, 0.1) is 16.7 Å². The molecule has 6 unspecified atom stereocenters. The largest absolute Gasteiger partial charge is 0.463 e. The number of Topliss-reactive ketones (excluding diaryl/α,β-unsaturated/α-hetero) is 1. The molecule has 5 rings (SSSR count). The smallest absolute Gasteiger partial charge is 0.338 e. The number of esters is 3. The van der Waals surface area contributed by atoms with Crippen LogP contribution in [0.15, 0.2) is 71.8 Å². The minimum Gasteiger partial charge on any atom is -0.463 e. The van der Waals surface area contributed by atoms with Crippen molar-refractivity contribution in [3.05, 3.63) is 82.9 Å². The summed E-state index contributed by atoms with van der Waals surface area (Å²) in [6.07, 6.45) is -6.60. The third-order valence-corrected chi connectivity index (χ3v) is 11.0. The fourth-order valence-corrected chi connectivity index (χ4v) is 7.85. The number of fused-ring (bicyclic) bond motifs is 3. The van der Waals surface area contributed by atoms with Gasteiger partial charge in [-0.15, -0.1) is 0 Å². The van der Waals surface area contributed by atoms with Gasteiger partial charge in [-0.05, 0) is 49.1 Å². The van der Waals surface area contributed by atoms with E-state index in [1.54, 1.807) is 51.1 Å². The summed E-state index contributed by atoms with van der Waals surface area (Å²) in [6.45, 7) is 7.16. The highest BCUT2D eigenvalue weighted by Crippen LogP contribution is 2.58. The highest BCUT2D eigenvalue weighted by atomic mass is 16.6. The van der Waals surface area contributed by atoms with Crippen molar-refractivity contribution in [1.82, 2.24) is 0 Å². The lowest BCUT2D eigenvalue weighted by atomic mass is 9.50. The van der Waals surface area contributed by atoms with Crippen LogP contribution < -0.4 is 0 Å². The normalized spacial score (nSPS) is 32.5. The minimum atomic E-state index is -2.05. The molecule has 2 aromatic rings. The number of aliphatic hydroxyl groups excluding tert-OH is 2. The third-order valence-electron chi connectivity index (χ3n) is 11.0. The van der Waals surface area contributed by atoms with E-state index in [0.717, 1.165) is 5.56 Å². The first-order valence-electron chi connectivity index (χ1n) is 16.7. The Kier molecular flexibility index (Phi) is 10.5. The molecule has 8 atom stereocenters. The predicted molar refractivity (Wildman–Crippen MR) is 176 cm³/mol. The zero-order valence-corrected chi connectivity index (χ0v) is 28.6. The fraction of sp³-hybridized carbons (Fsp3) is 0.526. The predicted octanol–water partition coefficient (Wildman–Crippen LogP) is 3.51. The third kappa shape index (κ3) is 6.81. The molecule has 2 fully saturated rings. The molecule has 2 bridgehead atoms. The van der Waals surface area contributed by atoms with Gasteiger partial charge in [-0.3, -0.25) is 14.4 Å². The zero-order valence-electron chi connectivity index (χ0n) is 28.6. The molecule has 11 heteroatoms. The Bertz CT molecular complexity index is 1590. The molecule has 1 aliphatic heterocycles. The molecule has 0 amide bonds. The van der Waals surface area contributed by atoms with Crippen LogP contribution in [0.5, 0.6) is 0 Å². The number of ketones is 1. The van der Waals surface area contributed by atoms with Crippen molar-refractivity contribution in [2.45, 2.75) is 96.4 Å². The lowest BCUT2D eigenvalue weighted by molar-refractivity contribution is -0.218. The van der Waals surface area contributed by atoms with E-state index in [9.17, 15) is 34.5 Å².